The number of methoxy groups -OCH3 is 2. The Morgan fingerprint density at radius 2 is 1.91 bits per heavy atom. The molecule has 0 aliphatic rings. The number of halogens is 1. The van der Waals surface area contributed by atoms with Crippen LogP contribution in [0.15, 0.2) is 12.1 Å². The molecule has 0 saturated carbocycles. The first-order chi connectivity index (χ1) is 10.9. The summed E-state index contributed by atoms with van der Waals surface area (Å²) in [6, 6.07) is 1.37. The number of carbonyl (C=O) groups is 3. The summed E-state index contributed by atoms with van der Waals surface area (Å²) in [5.74, 6) is -2.11. The molecule has 0 aliphatic carbocycles. The number of anilines is 1. The van der Waals surface area contributed by atoms with Crippen LogP contribution in [0, 0.1) is 5.82 Å². The van der Waals surface area contributed by atoms with Gasteiger partial charge in [-0.25, -0.2) is 14.0 Å². The summed E-state index contributed by atoms with van der Waals surface area (Å²) < 4.78 is 23.1. The summed E-state index contributed by atoms with van der Waals surface area (Å²) in [5, 5.41) is 7.11. The van der Waals surface area contributed by atoms with Gasteiger partial charge in [-0.1, -0.05) is 0 Å². The SMILES string of the molecule is CCNC(=O)NC(=O)CNc1c(OC)cc(F)cc1C(=O)OC. The maximum atomic E-state index is 13.5. The molecule has 0 fully saturated rings. The van der Waals surface area contributed by atoms with Crippen LogP contribution in [0.3, 0.4) is 0 Å². The van der Waals surface area contributed by atoms with Gasteiger partial charge in [-0.15, -0.1) is 0 Å². The summed E-state index contributed by atoms with van der Waals surface area (Å²) >= 11 is 0. The lowest BCUT2D eigenvalue weighted by Crippen LogP contribution is -2.41. The number of hydrogen-bond donors (Lipinski definition) is 3. The molecule has 3 amide bonds. The predicted octanol–water partition coefficient (Wildman–Crippen LogP) is 0.878. The third kappa shape index (κ3) is 5.13. The van der Waals surface area contributed by atoms with Gasteiger partial charge in [0, 0.05) is 12.6 Å². The van der Waals surface area contributed by atoms with Gasteiger partial charge in [-0.3, -0.25) is 10.1 Å². The van der Waals surface area contributed by atoms with Crippen molar-refractivity contribution in [2.75, 3.05) is 32.6 Å². The Kier molecular flexibility index (Phi) is 6.78. The summed E-state index contributed by atoms with van der Waals surface area (Å²) in [4.78, 5) is 34.6. The molecule has 0 saturated heterocycles. The largest absolute Gasteiger partial charge is 0.494 e. The lowest BCUT2D eigenvalue weighted by Gasteiger charge is -2.15. The monoisotopic (exact) mass is 327 g/mol. The van der Waals surface area contributed by atoms with Gasteiger partial charge in [0.25, 0.3) is 0 Å². The Morgan fingerprint density at radius 1 is 1.22 bits per heavy atom. The lowest BCUT2D eigenvalue weighted by atomic mass is 10.1. The number of hydrogen-bond acceptors (Lipinski definition) is 6. The quantitative estimate of drug-likeness (QED) is 0.670. The van der Waals surface area contributed by atoms with E-state index in [-0.39, 0.29) is 23.5 Å². The van der Waals surface area contributed by atoms with Crippen LogP contribution in [0.4, 0.5) is 14.9 Å². The van der Waals surface area contributed by atoms with Crippen LogP contribution >= 0.6 is 0 Å². The average molecular weight is 327 g/mol. The van der Waals surface area contributed by atoms with E-state index in [2.05, 4.69) is 20.7 Å². The summed E-state index contributed by atoms with van der Waals surface area (Å²) in [6.45, 7) is 1.74. The zero-order valence-electron chi connectivity index (χ0n) is 13.0. The van der Waals surface area contributed by atoms with E-state index in [1.54, 1.807) is 6.92 Å². The van der Waals surface area contributed by atoms with E-state index in [1.807, 2.05) is 0 Å². The fourth-order valence-corrected chi connectivity index (χ4v) is 1.74. The summed E-state index contributed by atoms with van der Waals surface area (Å²) in [7, 11) is 2.43. The minimum atomic E-state index is -0.797. The topological polar surface area (TPSA) is 106 Å². The molecule has 8 nitrogen and oxygen atoms in total. The van der Waals surface area contributed by atoms with Gasteiger partial charge < -0.3 is 20.1 Å². The smallest absolute Gasteiger partial charge is 0.340 e. The van der Waals surface area contributed by atoms with Gasteiger partial charge in [0.15, 0.2) is 0 Å². The molecule has 0 bridgehead atoms. The van der Waals surface area contributed by atoms with Crippen molar-refractivity contribution in [3.63, 3.8) is 0 Å². The van der Waals surface area contributed by atoms with Gasteiger partial charge in [0.05, 0.1) is 32.0 Å². The standard InChI is InChI=1S/C14H18FN3O5/c1-4-16-14(21)18-11(19)7-17-12-9(13(20)23-3)5-8(15)6-10(12)22-2/h5-6,17H,4,7H2,1-3H3,(H2,16,18,19,21). The van der Waals surface area contributed by atoms with Crippen molar-refractivity contribution in [2.24, 2.45) is 0 Å². The van der Waals surface area contributed by atoms with Crippen molar-refractivity contribution in [3.8, 4) is 5.75 Å². The lowest BCUT2D eigenvalue weighted by molar-refractivity contribution is -0.118. The van der Waals surface area contributed by atoms with Crippen LogP contribution in [-0.2, 0) is 9.53 Å². The highest BCUT2D eigenvalue weighted by Gasteiger charge is 2.19. The molecule has 0 radical (unpaired) electrons. The fourth-order valence-electron chi connectivity index (χ4n) is 1.74. The average Bonchev–Trinajstić information content (AvgIpc) is 2.52. The first kappa shape index (κ1) is 18.2. The molecular weight excluding hydrogens is 309 g/mol. The van der Waals surface area contributed by atoms with Gasteiger partial charge >= 0.3 is 12.0 Å². The second kappa shape index (κ2) is 8.57. The third-order valence-electron chi connectivity index (χ3n) is 2.71. The minimum Gasteiger partial charge on any atom is -0.494 e. The fraction of sp³-hybridized carbons (Fsp3) is 0.357. The Labute approximate surface area is 132 Å². The molecule has 0 unspecified atom stereocenters. The van der Waals surface area contributed by atoms with Gasteiger partial charge in [-0.05, 0) is 13.0 Å². The predicted molar refractivity (Wildman–Crippen MR) is 80.0 cm³/mol. The molecule has 1 aromatic carbocycles. The number of imide groups is 1. The zero-order valence-corrected chi connectivity index (χ0v) is 13.0. The number of esters is 1. The van der Waals surface area contributed by atoms with Crippen LogP contribution in [-0.4, -0.2) is 45.2 Å². The van der Waals surface area contributed by atoms with Crippen molar-refractivity contribution in [1.82, 2.24) is 10.6 Å². The van der Waals surface area contributed by atoms with E-state index < -0.39 is 23.7 Å². The van der Waals surface area contributed by atoms with Crippen LogP contribution < -0.4 is 20.7 Å². The van der Waals surface area contributed by atoms with Crippen LogP contribution in [0.1, 0.15) is 17.3 Å². The van der Waals surface area contributed by atoms with Crippen LogP contribution in [0.2, 0.25) is 0 Å². The molecule has 23 heavy (non-hydrogen) atoms. The second-order valence-corrected chi connectivity index (χ2v) is 4.28. The van der Waals surface area contributed by atoms with Crippen LogP contribution in [0.25, 0.3) is 0 Å². The van der Waals surface area contributed by atoms with E-state index >= 15 is 0 Å². The highest BCUT2D eigenvalue weighted by Crippen LogP contribution is 2.30. The number of benzene rings is 1. The summed E-state index contributed by atoms with van der Waals surface area (Å²) in [5.41, 5.74) is -0.0399. The molecular formula is C14H18FN3O5. The molecule has 9 heteroatoms. The molecule has 0 atom stereocenters. The Morgan fingerprint density at radius 3 is 2.48 bits per heavy atom. The van der Waals surface area contributed by atoms with Crippen molar-refractivity contribution in [1.29, 1.82) is 0 Å². The van der Waals surface area contributed by atoms with E-state index in [1.165, 1.54) is 7.11 Å². The molecule has 126 valence electrons. The summed E-state index contributed by atoms with van der Waals surface area (Å²) in [6.07, 6.45) is 0. The van der Waals surface area contributed by atoms with Crippen molar-refractivity contribution >= 4 is 23.6 Å². The van der Waals surface area contributed by atoms with Gasteiger partial charge in [-0.2, -0.15) is 0 Å². The van der Waals surface area contributed by atoms with E-state index in [4.69, 9.17) is 4.74 Å². The molecule has 0 spiro atoms. The Balaban J connectivity index is 2.92. The first-order valence-corrected chi connectivity index (χ1v) is 6.70. The first-order valence-electron chi connectivity index (χ1n) is 6.70. The van der Waals surface area contributed by atoms with Crippen LogP contribution in [0.5, 0.6) is 5.75 Å². The van der Waals surface area contributed by atoms with E-state index in [0.717, 1.165) is 19.2 Å². The minimum absolute atomic E-state index is 0.0243. The number of rotatable bonds is 6. The second-order valence-electron chi connectivity index (χ2n) is 4.28. The maximum absolute atomic E-state index is 13.5. The highest BCUT2D eigenvalue weighted by molar-refractivity contribution is 5.99. The van der Waals surface area contributed by atoms with Crippen molar-refractivity contribution < 1.29 is 28.2 Å². The number of urea groups is 1. The number of carbonyl (C=O) groups excluding carboxylic acids is 3. The normalized spacial score (nSPS) is 9.74. The molecule has 0 aliphatic heterocycles. The third-order valence-corrected chi connectivity index (χ3v) is 2.71. The number of nitrogens with one attached hydrogen (secondary N) is 3. The Bertz CT molecular complexity index is 606. The highest BCUT2D eigenvalue weighted by atomic mass is 19.1. The molecule has 0 aromatic heterocycles. The molecule has 3 N–H and O–H groups in total. The molecule has 1 aromatic rings. The van der Waals surface area contributed by atoms with Gasteiger partial charge in [0.2, 0.25) is 5.91 Å². The number of amides is 3. The van der Waals surface area contributed by atoms with E-state index in [0.29, 0.717) is 6.54 Å². The maximum Gasteiger partial charge on any atom is 0.340 e. The van der Waals surface area contributed by atoms with Crippen molar-refractivity contribution in [2.45, 2.75) is 6.92 Å². The zero-order chi connectivity index (χ0) is 17.4. The van der Waals surface area contributed by atoms with E-state index in [9.17, 15) is 18.8 Å². The van der Waals surface area contributed by atoms with Crippen molar-refractivity contribution in [3.05, 3.63) is 23.5 Å². The van der Waals surface area contributed by atoms with Gasteiger partial charge in [0.1, 0.15) is 11.6 Å². The number of ether oxygens (including phenoxy) is 2. The molecule has 1 rings (SSSR count). The Hall–Kier alpha value is -2.84. The molecule has 0 heterocycles.